The lowest BCUT2D eigenvalue weighted by atomic mass is 10.1. The van der Waals surface area contributed by atoms with Gasteiger partial charge < -0.3 is 14.2 Å². The molecule has 1 aromatic carbocycles. The molecule has 118 valence electrons. The zero-order valence-corrected chi connectivity index (χ0v) is 13.3. The number of amides is 1. The molecule has 0 fully saturated rings. The molecule has 0 bridgehead atoms. The number of thioether (sulfide) groups is 1. The van der Waals surface area contributed by atoms with Gasteiger partial charge in [0.05, 0.1) is 18.6 Å². The second kappa shape index (κ2) is 7.15. The van der Waals surface area contributed by atoms with Crippen molar-refractivity contribution in [1.29, 1.82) is 0 Å². The third kappa shape index (κ3) is 4.23. The van der Waals surface area contributed by atoms with Crippen molar-refractivity contribution >= 4 is 17.7 Å². The Balaban J connectivity index is 1.50. The van der Waals surface area contributed by atoms with E-state index in [9.17, 15) is 4.79 Å². The molecule has 3 aromatic rings. The van der Waals surface area contributed by atoms with Gasteiger partial charge in [-0.05, 0) is 31.2 Å². The molecule has 0 saturated heterocycles. The number of nitrogens with one attached hydrogen (secondary N) is 1. The highest BCUT2D eigenvalue weighted by Crippen LogP contribution is 2.23. The lowest BCUT2D eigenvalue weighted by Gasteiger charge is -2.01. The average Bonchev–Trinajstić information content (AvgIpc) is 3.23. The van der Waals surface area contributed by atoms with Gasteiger partial charge in [-0.3, -0.25) is 4.79 Å². The van der Waals surface area contributed by atoms with E-state index >= 15 is 0 Å². The quantitative estimate of drug-likeness (QED) is 0.700. The summed E-state index contributed by atoms with van der Waals surface area (Å²) in [5.74, 6) is 1.24. The van der Waals surface area contributed by atoms with Crippen LogP contribution in [0.15, 0.2) is 56.7 Å². The lowest BCUT2D eigenvalue weighted by molar-refractivity contribution is -0.118. The summed E-state index contributed by atoms with van der Waals surface area (Å²) in [6.45, 7) is 2.38. The highest BCUT2D eigenvalue weighted by atomic mass is 32.2. The highest BCUT2D eigenvalue weighted by molar-refractivity contribution is 7.99. The number of aromatic nitrogens is 2. The van der Waals surface area contributed by atoms with Crippen LogP contribution in [-0.2, 0) is 11.3 Å². The van der Waals surface area contributed by atoms with Crippen molar-refractivity contribution in [2.24, 2.45) is 0 Å². The zero-order chi connectivity index (χ0) is 16.1. The van der Waals surface area contributed by atoms with Gasteiger partial charge in [-0.15, -0.1) is 10.2 Å². The van der Waals surface area contributed by atoms with Crippen molar-refractivity contribution in [2.45, 2.75) is 18.7 Å². The maximum absolute atomic E-state index is 11.8. The van der Waals surface area contributed by atoms with Crippen molar-refractivity contribution in [3.05, 3.63) is 54.0 Å². The molecule has 7 heteroatoms. The van der Waals surface area contributed by atoms with E-state index in [1.165, 1.54) is 11.8 Å². The highest BCUT2D eigenvalue weighted by Gasteiger charge is 2.11. The molecule has 0 spiro atoms. The molecule has 0 unspecified atom stereocenters. The van der Waals surface area contributed by atoms with Crippen molar-refractivity contribution in [1.82, 2.24) is 15.5 Å². The Morgan fingerprint density at radius 2 is 2.04 bits per heavy atom. The standard InChI is InChI=1S/C16H15N3O3S/c1-11-4-6-12(7-5-11)15-18-19-16(22-15)23-10-14(20)17-9-13-3-2-8-21-13/h2-8H,9-10H2,1H3,(H,17,20). The third-order valence-electron chi connectivity index (χ3n) is 3.07. The second-order valence-corrected chi connectivity index (χ2v) is 5.81. The van der Waals surface area contributed by atoms with Crippen LogP contribution < -0.4 is 5.32 Å². The van der Waals surface area contributed by atoms with Crippen LogP contribution in [0.5, 0.6) is 0 Å². The van der Waals surface area contributed by atoms with E-state index in [1.54, 1.807) is 18.4 Å². The average molecular weight is 329 g/mol. The fourth-order valence-corrected chi connectivity index (χ4v) is 2.45. The first-order valence-electron chi connectivity index (χ1n) is 7.03. The van der Waals surface area contributed by atoms with Gasteiger partial charge in [0.1, 0.15) is 5.76 Å². The zero-order valence-electron chi connectivity index (χ0n) is 12.5. The number of carbonyl (C=O) groups is 1. The Bertz CT molecular complexity index is 766. The first kappa shape index (κ1) is 15.4. The molecule has 0 radical (unpaired) electrons. The van der Waals surface area contributed by atoms with Gasteiger partial charge in [-0.1, -0.05) is 29.5 Å². The van der Waals surface area contributed by atoms with Crippen molar-refractivity contribution in [3.8, 4) is 11.5 Å². The normalized spacial score (nSPS) is 10.7. The van der Waals surface area contributed by atoms with Crippen LogP contribution in [0.3, 0.4) is 0 Å². The van der Waals surface area contributed by atoms with E-state index in [4.69, 9.17) is 8.83 Å². The summed E-state index contributed by atoms with van der Waals surface area (Å²) >= 11 is 1.20. The first-order valence-corrected chi connectivity index (χ1v) is 8.02. The minimum atomic E-state index is -0.124. The SMILES string of the molecule is Cc1ccc(-c2nnc(SCC(=O)NCc3ccco3)o2)cc1. The van der Waals surface area contributed by atoms with E-state index < -0.39 is 0 Å². The number of benzene rings is 1. The molecule has 2 aromatic heterocycles. The number of rotatable bonds is 6. The van der Waals surface area contributed by atoms with E-state index in [0.29, 0.717) is 23.4 Å². The maximum atomic E-state index is 11.8. The van der Waals surface area contributed by atoms with Gasteiger partial charge >= 0.3 is 0 Å². The van der Waals surface area contributed by atoms with Crippen molar-refractivity contribution in [3.63, 3.8) is 0 Å². The van der Waals surface area contributed by atoms with Crippen molar-refractivity contribution < 1.29 is 13.6 Å². The molecule has 1 N–H and O–H groups in total. The van der Waals surface area contributed by atoms with Crippen LogP contribution in [0.25, 0.3) is 11.5 Å². The molecule has 0 aliphatic heterocycles. The largest absolute Gasteiger partial charge is 0.467 e. The monoisotopic (exact) mass is 329 g/mol. The topological polar surface area (TPSA) is 81.2 Å². The Labute approximate surface area is 137 Å². The van der Waals surface area contributed by atoms with Gasteiger partial charge in [0.25, 0.3) is 5.22 Å². The molecule has 0 saturated carbocycles. The Morgan fingerprint density at radius 1 is 1.22 bits per heavy atom. The van der Waals surface area contributed by atoms with Crippen LogP contribution in [-0.4, -0.2) is 21.9 Å². The second-order valence-electron chi connectivity index (χ2n) is 4.88. The summed E-state index contributed by atoms with van der Waals surface area (Å²) in [5.41, 5.74) is 2.02. The molecule has 23 heavy (non-hydrogen) atoms. The summed E-state index contributed by atoms with van der Waals surface area (Å²) in [5, 5.41) is 11.1. The Morgan fingerprint density at radius 3 is 2.78 bits per heavy atom. The Kier molecular flexibility index (Phi) is 4.77. The summed E-state index contributed by atoms with van der Waals surface area (Å²) in [4.78, 5) is 11.8. The maximum Gasteiger partial charge on any atom is 0.277 e. The third-order valence-corrected chi connectivity index (χ3v) is 3.89. The molecule has 3 rings (SSSR count). The number of hydrogen-bond acceptors (Lipinski definition) is 6. The number of aryl methyl sites for hydroxylation is 1. The van der Waals surface area contributed by atoms with E-state index in [0.717, 1.165) is 11.1 Å². The summed E-state index contributed by atoms with van der Waals surface area (Å²) in [6, 6.07) is 11.4. The number of furan rings is 1. The van der Waals surface area contributed by atoms with E-state index in [1.807, 2.05) is 31.2 Å². The van der Waals surface area contributed by atoms with Crippen LogP contribution in [0.2, 0.25) is 0 Å². The van der Waals surface area contributed by atoms with Crippen LogP contribution in [0.4, 0.5) is 0 Å². The first-order chi connectivity index (χ1) is 11.2. The van der Waals surface area contributed by atoms with Crippen LogP contribution in [0.1, 0.15) is 11.3 Å². The fourth-order valence-electron chi connectivity index (χ4n) is 1.86. The molecule has 0 atom stereocenters. The van der Waals surface area contributed by atoms with Crippen LogP contribution in [0, 0.1) is 6.92 Å². The molecule has 0 aliphatic carbocycles. The van der Waals surface area contributed by atoms with Crippen molar-refractivity contribution in [2.75, 3.05) is 5.75 Å². The number of carbonyl (C=O) groups excluding carboxylic acids is 1. The molecule has 1 amide bonds. The smallest absolute Gasteiger partial charge is 0.277 e. The molecule has 2 heterocycles. The summed E-state index contributed by atoms with van der Waals surface area (Å²) in [7, 11) is 0. The number of hydrogen-bond donors (Lipinski definition) is 1. The molecule has 6 nitrogen and oxygen atoms in total. The molecular formula is C16H15N3O3S. The van der Waals surface area contributed by atoms with Gasteiger partial charge in [-0.25, -0.2) is 0 Å². The van der Waals surface area contributed by atoms with Gasteiger partial charge in [-0.2, -0.15) is 0 Å². The number of nitrogens with zero attached hydrogens (tertiary/aromatic N) is 2. The predicted molar refractivity (Wildman–Crippen MR) is 85.7 cm³/mol. The van der Waals surface area contributed by atoms with Gasteiger partial charge in [0.2, 0.25) is 11.8 Å². The molecular weight excluding hydrogens is 314 g/mol. The summed E-state index contributed by atoms with van der Waals surface area (Å²) in [6.07, 6.45) is 1.57. The van der Waals surface area contributed by atoms with Gasteiger partial charge in [0, 0.05) is 5.56 Å². The Hall–Kier alpha value is -2.54. The minimum absolute atomic E-state index is 0.124. The minimum Gasteiger partial charge on any atom is -0.467 e. The predicted octanol–water partition coefficient (Wildman–Crippen LogP) is 3.05. The molecule has 0 aliphatic rings. The van der Waals surface area contributed by atoms with Gasteiger partial charge in [0.15, 0.2) is 0 Å². The van der Waals surface area contributed by atoms with Crippen LogP contribution >= 0.6 is 11.8 Å². The summed E-state index contributed by atoms with van der Waals surface area (Å²) < 4.78 is 10.7. The van der Waals surface area contributed by atoms with E-state index in [2.05, 4.69) is 15.5 Å². The fraction of sp³-hybridized carbons (Fsp3) is 0.188. The van der Waals surface area contributed by atoms with E-state index in [-0.39, 0.29) is 11.7 Å². The lowest BCUT2D eigenvalue weighted by Crippen LogP contribution is -2.24.